The van der Waals surface area contributed by atoms with Crippen LogP contribution < -0.4 is 10.9 Å². The lowest BCUT2D eigenvalue weighted by molar-refractivity contribution is 0.0459. The molecule has 0 atom stereocenters. The fourth-order valence-electron chi connectivity index (χ4n) is 2.05. The summed E-state index contributed by atoms with van der Waals surface area (Å²) >= 11 is 1.73. The van der Waals surface area contributed by atoms with E-state index in [1.54, 1.807) is 36.0 Å². The molecule has 6 nitrogen and oxygen atoms in total. The number of nitrogens with one attached hydrogen (secondary N) is 2. The summed E-state index contributed by atoms with van der Waals surface area (Å²) in [4.78, 5) is 30.8. The van der Waals surface area contributed by atoms with Crippen molar-refractivity contribution in [3.8, 4) is 0 Å². The van der Waals surface area contributed by atoms with Crippen LogP contribution in [0, 0.1) is 5.92 Å². The van der Waals surface area contributed by atoms with Crippen molar-refractivity contribution in [2.24, 2.45) is 5.92 Å². The Morgan fingerprint density at radius 2 is 1.92 bits per heavy atom. The van der Waals surface area contributed by atoms with Crippen molar-refractivity contribution in [3.63, 3.8) is 0 Å². The lowest BCUT2D eigenvalue weighted by atomic mass is 10.2. The molecule has 0 saturated carbocycles. The largest absolute Gasteiger partial charge is 0.462 e. The molecular formula is C19H25N3O3S. The summed E-state index contributed by atoms with van der Waals surface area (Å²) in [6, 6.07) is 8.38. The van der Waals surface area contributed by atoms with Crippen molar-refractivity contribution in [2.75, 3.05) is 11.9 Å². The number of ether oxygens (including phenoxy) is 1. The lowest BCUT2D eigenvalue weighted by Gasteiger charge is -2.09. The molecule has 0 aliphatic carbocycles. The first-order valence-corrected chi connectivity index (χ1v) is 9.64. The molecule has 0 unspecified atom stereocenters. The van der Waals surface area contributed by atoms with Gasteiger partial charge in [0.2, 0.25) is 5.95 Å². The number of rotatable bonds is 8. The highest BCUT2D eigenvalue weighted by molar-refractivity contribution is 7.99. The van der Waals surface area contributed by atoms with Gasteiger partial charge in [-0.25, -0.2) is 9.78 Å². The molecule has 2 rings (SSSR count). The van der Waals surface area contributed by atoms with Gasteiger partial charge < -0.3 is 10.1 Å². The summed E-state index contributed by atoms with van der Waals surface area (Å²) in [5.41, 5.74) is 1.74. The molecule has 2 aromatic rings. The van der Waals surface area contributed by atoms with Crippen LogP contribution in [0.2, 0.25) is 0 Å². The number of nitrogens with zero attached hydrogens (tertiary/aromatic N) is 1. The number of carbonyl (C=O) groups is 1. The van der Waals surface area contributed by atoms with E-state index in [0.717, 1.165) is 11.4 Å². The number of hydrogen-bond acceptors (Lipinski definition) is 6. The van der Waals surface area contributed by atoms with E-state index in [9.17, 15) is 9.59 Å². The van der Waals surface area contributed by atoms with Gasteiger partial charge in [0.25, 0.3) is 5.56 Å². The first kappa shape index (κ1) is 20.0. The highest BCUT2D eigenvalue weighted by Gasteiger charge is 2.09. The molecule has 0 saturated heterocycles. The molecule has 0 amide bonds. The van der Waals surface area contributed by atoms with Crippen LogP contribution in [0.4, 0.5) is 11.6 Å². The van der Waals surface area contributed by atoms with Gasteiger partial charge in [-0.2, -0.15) is 11.8 Å². The molecule has 1 heterocycles. The second kappa shape index (κ2) is 9.43. The van der Waals surface area contributed by atoms with Crippen molar-refractivity contribution in [3.05, 3.63) is 51.9 Å². The standard InChI is InChI=1S/C19H25N3O3S/c1-12(2)10-25-18(24)14-5-7-15(8-6-14)20-19-21-16(9-17(23)22-19)11-26-13(3)4/h5-9,12-13H,10-11H2,1-4H3,(H2,20,21,22,23). The number of thioether (sulfide) groups is 1. The minimum atomic E-state index is -0.343. The van der Waals surface area contributed by atoms with Crippen LogP contribution in [0.15, 0.2) is 35.1 Å². The average molecular weight is 375 g/mol. The summed E-state index contributed by atoms with van der Waals surface area (Å²) in [6.45, 7) is 8.57. The van der Waals surface area contributed by atoms with Gasteiger partial charge in [-0.3, -0.25) is 9.78 Å². The molecule has 0 fully saturated rings. The molecule has 0 spiro atoms. The van der Waals surface area contributed by atoms with Gasteiger partial charge in [0.05, 0.1) is 17.9 Å². The number of benzene rings is 1. The normalized spacial score (nSPS) is 11.0. The summed E-state index contributed by atoms with van der Waals surface area (Å²) in [5.74, 6) is 1.01. The first-order valence-electron chi connectivity index (χ1n) is 8.59. The minimum Gasteiger partial charge on any atom is -0.462 e. The summed E-state index contributed by atoms with van der Waals surface area (Å²) < 4.78 is 5.20. The molecular weight excluding hydrogens is 350 g/mol. The Kier molecular flexibility index (Phi) is 7.26. The Morgan fingerprint density at radius 1 is 1.23 bits per heavy atom. The molecule has 1 aromatic carbocycles. The highest BCUT2D eigenvalue weighted by Crippen LogP contribution is 2.17. The van der Waals surface area contributed by atoms with E-state index in [-0.39, 0.29) is 11.5 Å². The Labute approximate surface area is 157 Å². The van der Waals surface area contributed by atoms with E-state index >= 15 is 0 Å². The maximum atomic E-state index is 11.9. The summed E-state index contributed by atoms with van der Waals surface area (Å²) in [5, 5.41) is 3.53. The van der Waals surface area contributed by atoms with Crippen molar-refractivity contribution >= 4 is 29.4 Å². The molecule has 2 N–H and O–H groups in total. The van der Waals surface area contributed by atoms with E-state index in [0.29, 0.717) is 35.0 Å². The van der Waals surface area contributed by atoms with Crippen molar-refractivity contribution < 1.29 is 9.53 Å². The van der Waals surface area contributed by atoms with Crippen LogP contribution in [-0.2, 0) is 10.5 Å². The van der Waals surface area contributed by atoms with Gasteiger partial charge in [-0.1, -0.05) is 27.7 Å². The number of anilines is 2. The maximum absolute atomic E-state index is 11.9. The Balaban J connectivity index is 2.04. The quantitative estimate of drug-likeness (QED) is 0.679. The Bertz CT molecular complexity index is 785. The predicted molar refractivity (Wildman–Crippen MR) is 106 cm³/mol. The van der Waals surface area contributed by atoms with Gasteiger partial charge >= 0.3 is 5.97 Å². The number of aromatic amines is 1. The first-order chi connectivity index (χ1) is 12.3. The number of hydrogen-bond donors (Lipinski definition) is 2. The van der Waals surface area contributed by atoms with Crippen LogP contribution >= 0.6 is 11.8 Å². The fraction of sp³-hybridized carbons (Fsp3) is 0.421. The third-order valence-corrected chi connectivity index (χ3v) is 4.42. The van der Waals surface area contributed by atoms with Crippen molar-refractivity contribution in [1.29, 1.82) is 0 Å². The van der Waals surface area contributed by atoms with Crippen LogP contribution in [0.25, 0.3) is 0 Å². The maximum Gasteiger partial charge on any atom is 0.338 e. The van der Waals surface area contributed by atoms with E-state index in [4.69, 9.17) is 4.74 Å². The van der Waals surface area contributed by atoms with E-state index in [1.165, 1.54) is 6.07 Å². The summed E-state index contributed by atoms with van der Waals surface area (Å²) in [7, 11) is 0. The Hall–Kier alpha value is -2.28. The van der Waals surface area contributed by atoms with Gasteiger partial charge in [0.1, 0.15) is 0 Å². The van der Waals surface area contributed by atoms with Crippen LogP contribution in [-0.4, -0.2) is 27.8 Å². The van der Waals surface area contributed by atoms with E-state index < -0.39 is 0 Å². The van der Waals surface area contributed by atoms with E-state index in [1.807, 2.05) is 13.8 Å². The smallest absolute Gasteiger partial charge is 0.338 e. The number of H-pyrrole nitrogens is 1. The zero-order chi connectivity index (χ0) is 19.1. The summed E-state index contributed by atoms with van der Waals surface area (Å²) in [6.07, 6.45) is 0. The van der Waals surface area contributed by atoms with Crippen LogP contribution in [0.1, 0.15) is 43.7 Å². The number of aromatic nitrogens is 2. The fourth-order valence-corrected chi connectivity index (χ4v) is 2.70. The molecule has 1 aromatic heterocycles. The monoisotopic (exact) mass is 375 g/mol. The van der Waals surface area contributed by atoms with Crippen LogP contribution in [0.3, 0.4) is 0 Å². The van der Waals surface area contributed by atoms with Crippen molar-refractivity contribution in [2.45, 2.75) is 38.7 Å². The highest BCUT2D eigenvalue weighted by atomic mass is 32.2. The second-order valence-corrected chi connectivity index (χ2v) is 8.20. The van der Waals surface area contributed by atoms with Gasteiger partial charge in [0, 0.05) is 17.5 Å². The molecule has 26 heavy (non-hydrogen) atoms. The SMILES string of the molecule is CC(C)COC(=O)c1ccc(Nc2nc(CSC(C)C)cc(=O)[nH]2)cc1. The number of carbonyl (C=O) groups excluding carboxylic acids is 1. The van der Waals surface area contributed by atoms with Crippen molar-refractivity contribution in [1.82, 2.24) is 9.97 Å². The van der Waals surface area contributed by atoms with Gasteiger partial charge in [0.15, 0.2) is 0 Å². The lowest BCUT2D eigenvalue weighted by Crippen LogP contribution is -2.12. The topological polar surface area (TPSA) is 84.1 Å². The van der Waals surface area contributed by atoms with Crippen LogP contribution in [0.5, 0.6) is 0 Å². The zero-order valence-corrected chi connectivity index (χ0v) is 16.4. The third-order valence-electron chi connectivity index (χ3n) is 3.29. The van der Waals surface area contributed by atoms with E-state index in [2.05, 4.69) is 29.1 Å². The minimum absolute atomic E-state index is 0.198. The average Bonchev–Trinajstić information content (AvgIpc) is 2.58. The predicted octanol–water partition coefficient (Wildman–Crippen LogP) is 3.97. The molecule has 0 aliphatic heterocycles. The molecule has 140 valence electrons. The molecule has 0 aliphatic rings. The Morgan fingerprint density at radius 3 is 2.54 bits per heavy atom. The third kappa shape index (κ3) is 6.55. The van der Waals surface area contributed by atoms with Gasteiger partial charge in [-0.05, 0) is 35.4 Å². The zero-order valence-electron chi connectivity index (χ0n) is 15.5. The molecule has 0 bridgehead atoms. The molecule has 7 heteroatoms. The molecule has 0 radical (unpaired) electrons. The van der Waals surface area contributed by atoms with Gasteiger partial charge in [-0.15, -0.1) is 0 Å². The number of esters is 1. The second-order valence-electron chi connectivity index (χ2n) is 6.64.